The first kappa shape index (κ1) is 17.9. The van der Waals surface area contributed by atoms with Crippen molar-refractivity contribution in [1.29, 1.82) is 0 Å². The molecule has 142 valence electrons. The van der Waals surface area contributed by atoms with E-state index in [1.165, 1.54) is 42.3 Å². The van der Waals surface area contributed by atoms with E-state index in [9.17, 15) is 8.78 Å². The summed E-state index contributed by atoms with van der Waals surface area (Å²) in [5.41, 5.74) is 2.16. The van der Waals surface area contributed by atoms with Crippen molar-refractivity contribution in [1.82, 2.24) is 20.2 Å². The van der Waals surface area contributed by atoms with Crippen LogP contribution in [0, 0.1) is 11.6 Å². The highest BCUT2D eigenvalue weighted by molar-refractivity contribution is 7.16. The standard InChI is InChI=1S/C17H11F2N5O3S/c1-25-23-5-9-2-13(20-6-12(9)19)16(17-24-22-7-26-17)27-10-3-11(18)15-14(4-10)28-8-21-15/h2-8,16H,1H3/b23-5+. The summed E-state index contributed by atoms with van der Waals surface area (Å²) < 4.78 is 39.9. The van der Waals surface area contributed by atoms with Gasteiger partial charge >= 0.3 is 0 Å². The molecule has 0 fully saturated rings. The Labute approximate surface area is 160 Å². The maximum absolute atomic E-state index is 14.2. The molecule has 28 heavy (non-hydrogen) atoms. The van der Waals surface area contributed by atoms with Crippen molar-refractivity contribution in [3.8, 4) is 5.75 Å². The normalized spacial score (nSPS) is 12.5. The van der Waals surface area contributed by atoms with Crippen LogP contribution in [0.3, 0.4) is 0 Å². The Kier molecular flexibility index (Phi) is 4.89. The third-order valence-corrected chi connectivity index (χ3v) is 4.47. The van der Waals surface area contributed by atoms with Crippen LogP contribution in [0.5, 0.6) is 5.75 Å². The first-order valence-corrected chi connectivity index (χ1v) is 8.71. The van der Waals surface area contributed by atoms with E-state index in [0.717, 1.165) is 12.6 Å². The van der Waals surface area contributed by atoms with E-state index in [1.54, 1.807) is 6.07 Å². The predicted octanol–water partition coefficient (Wildman–Crippen LogP) is 3.50. The van der Waals surface area contributed by atoms with Crippen molar-refractivity contribution in [3.05, 3.63) is 65.1 Å². The molecule has 0 bridgehead atoms. The minimum Gasteiger partial charge on any atom is -0.474 e. The Balaban J connectivity index is 1.75. The van der Waals surface area contributed by atoms with Crippen molar-refractivity contribution >= 4 is 27.8 Å². The van der Waals surface area contributed by atoms with Gasteiger partial charge in [-0.15, -0.1) is 21.5 Å². The van der Waals surface area contributed by atoms with Crippen LogP contribution in [0.1, 0.15) is 23.3 Å². The number of aromatic nitrogens is 4. The van der Waals surface area contributed by atoms with Crippen LogP contribution in [0.15, 0.2) is 45.9 Å². The SMILES string of the molecule is CO/N=C/c1cc(C(Oc2cc(F)c3ncsc3c2)c2nnco2)ncc1F. The summed E-state index contributed by atoms with van der Waals surface area (Å²) in [5.74, 6) is -0.863. The largest absolute Gasteiger partial charge is 0.474 e. The number of oxime groups is 1. The molecular formula is C17H11F2N5O3S. The molecule has 0 saturated heterocycles. The van der Waals surface area contributed by atoms with E-state index >= 15 is 0 Å². The van der Waals surface area contributed by atoms with Crippen molar-refractivity contribution in [2.24, 2.45) is 5.16 Å². The molecule has 4 aromatic rings. The van der Waals surface area contributed by atoms with Crippen molar-refractivity contribution < 1.29 is 22.8 Å². The van der Waals surface area contributed by atoms with Crippen LogP contribution < -0.4 is 4.74 Å². The summed E-state index contributed by atoms with van der Waals surface area (Å²) in [6.45, 7) is 0. The van der Waals surface area contributed by atoms with Crippen LogP contribution in [0.2, 0.25) is 0 Å². The number of hydrogen-bond acceptors (Lipinski definition) is 9. The molecule has 0 aliphatic heterocycles. The monoisotopic (exact) mass is 403 g/mol. The van der Waals surface area contributed by atoms with Gasteiger partial charge in [-0.3, -0.25) is 4.98 Å². The Morgan fingerprint density at radius 1 is 1.21 bits per heavy atom. The highest BCUT2D eigenvalue weighted by Gasteiger charge is 2.25. The van der Waals surface area contributed by atoms with Gasteiger partial charge in [-0.2, -0.15) is 0 Å². The number of nitrogens with zero attached hydrogens (tertiary/aromatic N) is 5. The molecule has 0 spiro atoms. The van der Waals surface area contributed by atoms with Gasteiger partial charge < -0.3 is 14.0 Å². The van der Waals surface area contributed by atoms with Gasteiger partial charge in [-0.25, -0.2) is 13.8 Å². The molecule has 0 aliphatic carbocycles. The van der Waals surface area contributed by atoms with Crippen LogP contribution in [-0.2, 0) is 4.84 Å². The van der Waals surface area contributed by atoms with Gasteiger partial charge in [0.25, 0.3) is 5.89 Å². The number of hydrogen-bond donors (Lipinski definition) is 0. The summed E-state index contributed by atoms with van der Waals surface area (Å²) in [4.78, 5) is 12.6. The van der Waals surface area contributed by atoms with Crippen molar-refractivity contribution in [2.75, 3.05) is 7.11 Å². The predicted molar refractivity (Wildman–Crippen MR) is 95.1 cm³/mol. The third kappa shape index (κ3) is 3.51. The average Bonchev–Trinajstić information content (AvgIpc) is 3.37. The number of benzene rings is 1. The van der Waals surface area contributed by atoms with E-state index in [1.807, 2.05) is 0 Å². The summed E-state index contributed by atoms with van der Waals surface area (Å²) in [6.07, 6.45) is 2.32. The van der Waals surface area contributed by atoms with E-state index < -0.39 is 17.7 Å². The number of pyridine rings is 1. The van der Waals surface area contributed by atoms with Crippen LogP contribution in [-0.4, -0.2) is 33.5 Å². The molecule has 1 aromatic carbocycles. The van der Waals surface area contributed by atoms with Gasteiger partial charge in [0.05, 0.1) is 28.3 Å². The zero-order valence-corrected chi connectivity index (χ0v) is 15.1. The van der Waals surface area contributed by atoms with Gasteiger partial charge in [0.15, 0.2) is 5.82 Å². The molecule has 0 N–H and O–H groups in total. The summed E-state index contributed by atoms with van der Waals surface area (Å²) >= 11 is 1.27. The molecule has 0 aliphatic rings. The molecule has 4 rings (SSSR count). The highest BCUT2D eigenvalue weighted by Crippen LogP contribution is 2.31. The highest BCUT2D eigenvalue weighted by atomic mass is 32.1. The molecule has 3 aromatic heterocycles. The Hall–Kier alpha value is -3.47. The van der Waals surface area contributed by atoms with Crippen LogP contribution in [0.4, 0.5) is 8.78 Å². The van der Waals surface area contributed by atoms with E-state index in [4.69, 9.17) is 9.15 Å². The zero-order chi connectivity index (χ0) is 19.5. The second-order valence-corrected chi connectivity index (χ2v) is 6.31. The van der Waals surface area contributed by atoms with E-state index in [-0.39, 0.29) is 28.4 Å². The minimum atomic E-state index is -0.998. The maximum atomic E-state index is 14.2. The summed E-state index contributed by atoms with van der Waals surface area (Å²) in [6, 6.07) is 4.23. The number of rotatable bonds is 6. The Bertz CT molecular complexity index is 1130. The third-order valence-electron chi connectivity index (χ3n) is 3.69. The lowest BCUT2D eigenvalue weighted by atomic mass is 10.1. The molecule has 11 heteroatoms. The first-order valence-electron chi connectivity index (χ1n) is 7.83. The average molecular weight is 403 g/mol. The number of fused-ring (bicyclic) bond motifs is 1. The van der Waals surface area contributed by atoms with Gasteiger partial charge in [0.2, 0.25) is 12.5 Å². The number of thiazole rings is 1. The van der Waals surface area contributed by atoms with Crippen LogP contribution in [0.25, 0.3) is 10.2 Å². The second-order valence-electron chi connectivity index (χ2n) is 5.43. The molecule has 8 nitrogen and oxygen atoms in total. The van der Waals surface area contributed by atoms with Gasteiger partial charge in [0.1, 0.15) is 24.2 Å². The summed E-state index contributed by atoms with van der Waals surface area (Å²) in [5, 5.41) is 11.0. The molecule has 0 saturated carbocycles. The molecule has 1 atom stereocenters. The van der Waals surface area contributed by atoms with Crippen molar-refractivity contribution in [2.45, 2.75) is 6.10 Å². The first-order chi connectivity index (χ1) is 13.7. The molecule has 1 unspecified atom stereocenters. The second kappa shape index (κ2) is 7.64. The summed E-state index contributed by atoms with van der Waals surface area (Å²) in [7, 11) is 1.34. The lowest BCUT2D eigenvalue weighted by Gasteiger charge is -2.16. The molecule has 0 amide bonds. The number of halogens is 2. The fourth-order valence-electron chi connectivity index (χ4n) is 2.46. The molecule has 0 radical (unpaired) electrons. The smallest absolute Gasteiger partial charge is 0.263 e. The van der Waals surface area contributed by atoms with E-state index in [2.05, 4.69) is 30.2 Å². The van der Waals surface area contributed by atoms with E-state index in [0.29, 0.717) is 4.70 Å². The van der Waals surface area contributed by atoms with Gasteiger partial charge in [-0.05, 0) is 12.1 Å². The lowest BCUT2D eigenvalue weighted by molar-refractivity contribution is 0.202. The minimum absolute atomic E-state index is 0.0681. The fourth-order valence-corrected chi connectivity index (χ4v) is 3.18. The Morgan fingerprint density at radius 2 is 2.11 bits per heavy atom. The zero-order valence-electron chi connectivity index (χ0n) is 14.2. The van der Waals surface area contributed by atoms with Crippen LogP contribution >= 0.6 is 11.3 Å². The molecule has 3 heterocycles. The Morgan fingerprint density at radius 3 is 2.89 bits per heavy atom. The fraction of sp³-hybridized carbons (Fsp3) is 0.118. The molecular weight excluding hydrogens is 392 g/mol. The topological polar surface area (TPSA) is 95.5 Å². The lowest BCUT2D eigenvalue weighted by Crippen LogP contribution is -2.13. The quantitative estimate of drug-likeness (QED) is 0.359. The maximum Gasteiger partial charge on any atom is 0.263 e. The number of ether oxygens (including phenoxy) is 1. The van der Waals surface area contributed by atoms with Crippen molar-refractivity contribution in [3.63, 3.8) is 0 Å². The van der Waals surface area contributed by atoms with Gasteiger partial charge in [0, 0.05) is 11.6 Å². The van der Waals surface area contributed by atoms with Gasteiger partial charge in [-0.1, -0.05) is 5.16 Å².